The lowest BCUT2D eigenvalue weighted by Crippen LogP contribution is -1.97. The Kier molecular flexibility index (Phi) is 3.28. The van der Waals surface area contributed by atoms with Gasteiger partial charge in [0, 0.05) is 10.2 Å². The highest BCUT2D eigenvalue weighted by molar-refractivity contribution is 9.10. The molecule has 5 heteroatoms. The Morgan fingerprint density at radius 1 is 1.47 bits per heavy atom. The zero-order valence-electron chi connectivity index (χ0n) is 7.71. The Morgan fingerprint density at radius 3 is 3.00 bits per heavy atom. The number of halogens is 2. The summed E-state index contributed by atoms with van der Waals surface area (Å²) in [6.45, 7) is 0.595. The molecule has 0 aliphatic heterocycles. The number of anilines is 1. The Morgan fingerprint density at radius 2 is 2.33 bits per heavy atom. The number of hydrogen-bond donors (Lipinski definition) is 1. The molecule has 0 aliphatic rings. The van der Waals surface area contributed by atoms with Crippen molar-refractivity contribution in [3.8, 4) is 0 Å². The minimum Gasteiger partial charge on any atom is -0.447 e. The molecule has 0 unspecified atom stereocenters. The van der Waals surface area contributed by atoms with E-state index in [-0.39, 0.29) is 0 Å². The van der Waals surface area contributed by atoms with Crippen LogP contribution in [0.1, 0.15) is 5.76 Å². The van der Waals surface area contributed by atoms with Crippen LogP contribution in [0.15, 0.2) is 39.7 Å². The van der Waals surface area contributed by atoms with Crippen LogP contribution in [0.25, 0.3) is 0 Å². The molecular weight excluding hydrogens is 279 g/mol. The van der Waals surface area contributed by atoms with Gasteiger partial charge >= 0.3 is 0 Å². The van der Waals surface area contributed by atoms with Crippen molar-refractivity contribution in [1.29, 1.82) is 0 Å². The molecule has 1 aromatic carbocycles. The summed E-state index contributed by atoms with van der Waals surface area (Å²) in [4.78, 5) is 3.83. The molecule has 0 saturated carbocycles. The van der Waals surface area contributed by atoms with E-state index in [1.165, 1.54) is 6.39 Å². The van der Waals surface area contributed by atoms with Gasteiger partial charge in [-0.1, -0.05) is 11.6 Å². The van der Waals surface area contributed by atoms with Crippen molar-refractivity contribution in [1.82, 2.24) is 4.98 Å². The molecule has 2 rings (SSSR count). The highest BCUT2D eigenvalue weighted by Gasteiger charge is 2.00. The van der Waals surface area contributed by atoms with Crippen molar-refractivity contribution in [3.05, 3.63) is 46.0 Å². The second kappa shape index (κ2) is 4.68. The van der Waals surface area contributed by atoms with Gasteiger partial charge in [0.1, 0.15) is 5.76 Å². The van der Waals surface area contributed by atoms with Gasteiger partial charge in [-0.15, -0.1) is 0 Å². The third kappa shape index (κ3) is 2.73. The Bertz CT molecular complexity index is 445. The smallest absolute Gasteiger partial charge is 0.180 e. The summed E-state index contributed by atoms with van der Waals surface area (Å²) in [5.74, 6) is 0.786. The largest absolute Gasteiger partial charge is 0.447 e. The maximum absolute atomic E-state index is 5.95. The van der Waals surface area contributed by atoms with E-state index >= 15 is 0 Å². The van der Waals surface area contributed by atoms with Crippen LogP contribution >= 0.6 is 27.5 Å². The molecule has 0 bridgehead atoms. The first-order valence-electron chi connectivity index (χ1n) is 4.32. The number of oxazole rings is 1. The number of hydrogen-bond acceptors (Lipinski definition) is 3. The van der Waals surface area contributed by atoms with Crippen molar-refractivity contribution in [2.24, 2.45) is 0 Å². The molecule has 1 heterocycles. The van der Waals surface area contributed by atoms with Crippen molar-refractivity contribution in [3.63, 3.8) is 0 Å². The predicted molar refractivity (Wildman–Crippen MR) is 63.0 cm³/mol. The van der Waals surface area contributed by atoms with E-state index < -0.39 is 0 Å². The van der Waals surface area contributed by atoms with Gasteiger partial charge in [0.05, 0.1) is 17.8 Å². The molecule has 0 atom stereocenters. The lowest BCUT2D eigenvalue weighted by Gasteiger charge is -2.05. The molecule has 0 saturated heterocycles. The number of rotatable bonds is 3. The lowest BCUT2D eigenvalue weighted by atomic mass is 10.3. The van der Waals surface area contributed by atoms with Gasteiger partial charge in [0.25, 0.3) is 0 Å². The number of aromatic nitrogens is 1. The summed E-state index contributed by atoms with van der Waals surface area (Å²) in [5.41, 5.74) is 0.944. The van der Waals surface area contributed by atoms with Gasteiger partial charge in [-0.05, 0) is 34.1 Å². The Balaban J connectivity index is 2.02. The van der Waals surface area contributed by atoms with Gasteiger partial charge in [0.15, 0.2) is 6.39 Å². The molecule has 3 nitrogen and oxygen atoms in total. The third-order valence-corrected chi connectivity index (χ3v) is 3.10. The standard InChI is InChI=1S/C10H8BrClN2O/c11-9-2-1-7(3-10(9)12)14-5-8-4-13-6-15-8/h1-4,6,14H,5H2. The maximum atomic E-state index is 5.95. The van der Waals surface area contributed by atoms with Crippen LogP contribution in [0.2, 0.25) is 5.02 Å². The van der Waals surface area contributed by atoms with Gasteiger partial charge < -0.3 is 9.73 Å². The van der Waals surface area contributed by atoms with E-state index in [1.807, 2.05) is 18.2 Å². The quantitative estimate of drug-likeness (QED) is 0.935. The monoisotopic (exact) mass is 286 g/mol. The van der Waals surface area contributed by atoms with Crippen molar-refractivity contribution < 1.29 is 4.42 Å². The van der Waals surface area contributed by atoms with Crippen LogP contribution in [-0.4, -0.2) is 4.98 Å². The lowest BCUT2D eigenvalue weighted by molar-refractivity contribution is 0.512. The Labute approximate surface area is 101 Å². The SMILES string of the molecule is Clc1cc(NCc2cnco2)ccc1Br. The molecule has 0 amide bonds. The van der Waals surface area contributed by atoms with Crippen LogP contribution in [-0.2, 0) is 6.54 Å². The average molecular weight is 288 g/mol. The highest BCUT2D eigenvalue weighted by atomic mass is 79.9. The zero-order valence-corrected chi connectivity index (χ0v) is 10.0. The number of benzene rings is 1. The van der Waals surface area contributed by atoms with Crippen molar-refractivity contribution in [2.75, 3.05) is 5.32 Å². The zero-order chi connectivity index (χ0) is 10.7. The van der Waals surface area contributed by atoms with Crippen LogP contribution in [0.5, 0.6) is 0 Å². The summed E-state index contributed by atoms with van der Waals surface area (Å²) >= 11 is 9.28. The van der Waals surface area contributed by atoms with Crippen molar-refractivity contribution >= 4 is 33.2 Å². The topological polar surface area (TPSA) is 38.1 Å². The fourth-order valence-electron chi connectivity index (χ4n) is 1.12. The molecule has 2 aromatic rings. The fraction of sp³-hybridized carbons (Fsp3) is 0.100. The van der Waals surface area contributed by atoms with Gasteiger partial charge in [0.2, 0.25) is 0 Å². The molecule has 15 heavy (non-hydrogen) atoms. The van der Waals surface area contributed by atoms with E-state index in [0.29, 0.717) is 11.6 Å². The van der Waals surface area contributed by atoms with Gasteiger partial charge in [-0.2, -0.15) is 0 Å². The summed E-state index contributed by atoms with van der Waals surface area (Å²) in [5, 5.41) is 3.85. The summed E-state index contributed by atoms with van der Waals surface area (Å²) in [7, 11) is 0. The minimum atomic E-state index is 0.595. The summed E-state index contributed by atoms with van der Waals surface area (Å²) in [6.07, 6.45) is 3.08. The molecule has 0 radical (unpaired) electrons. The number of nitrogens with zero attached hydrogens (tertiary/aromatic N) is 1. The first-order valence-corrected chi connectivity index (χ1v) is 5.49. The third-order valence-electron chi connectivity index (χ3n) is 1.87. The molecule has 1 aromatic heterocycles. The van der Waals surface area contributed by atoms with E-state index in [0.717, 1.165) is 15.9 Å². The fourth-order valence-corrected chi connectivity index (χ4v) is 1.55. The van der Waals surface area contributed by atoms with Crippen molar-refractivity contribution in [2.45, 2.75) is 6.54 Å². The predicted octanol–water partition coefficient (Wildman–Crippen LogP) is 3.70. The minimum absolute atomic E-state index is 0.595. The summed E-state index contributed by atoms with van der Waals surface area (Å²) < 4.78 is 5.98. The first kappa shape index (κ1) is 10.5. The van der Waals surface area contributed by atoms with Gasteiger partial charge in [-0.25, -0.2) is 4.98 Å². The molecule has 78 valence electrons. The van der Waals surface area contributed by atoms with Gasteiger partial charge in [-0.3, -0.25) is 0 Å². The Hall–Kier alpha value is -1.00. The van der Waals surface area contributed by atoms with Crippen LogP contribution < -0.4 is 5.32 Å². The number of nitrogens with one attached hydrogen (secondary N) is 1. The van der Waals surface area contributed by atoms with E-state index in [1.54, 1.807) is 6.20 Å². The van der Waals surface area contributed by atoms with E-state index in [9.17, 15) is 0 Å². The summed E-state index contributed by atoms with van der Waals surface area (Å²) in [6, 6.07) is 5.68. The van der Waals surface area contributed by atoms with Crippen LogP contribution in [0.4, 0.5) is 5.69 Å². The first-order chi connectivity index (χ1) is 7.25. The second-order valence-corrected chi connectivity index (χ2v) is 4.21. The highest BCUT2D eigenvalue weighted by Crippen LogP contribution is 2.25. The molecule has 0 aliphatic carbocycles. The normalized spacial score (nSPS) is 10.3. The van der Waals surface area contributed by atoms with Crippen LogP contribution in [0.3, 0.4) is 0 Å². The van der Waals surface area contributed by atoms with E-state index in [4.69, 9.17) is 16.0 Å². The molecule has 1 N–H and O–H groups in total. The van der Waals surface area contributed by atoms with E-state index in [2.05, 4.69) is 26.2 Å². The average Bonchev–Trinajstić information content (AvgIpc) is 2.73. The second-order valence-electron chi connectivity index (χ2n) is 2.95. The maximum Gasteiger partial charge on any atom is 0.180 e. The molecule has 0 spiro atoms. The molecule has 0 fully saturated rings. The molecular formula is C10H8BrClN2O. The van der Waals surface area contributed by atoms with Crippen LogP contribution in [0, 0.1) is 0 Å².